The summed E-state index contributed by atoms with van der Waals surface area (Å²) < 4.78 is 6.93. The smallest absolute Gasteiger partial charge is 0.335 e. The van der Waals surface area contributed by atoms with Gasteiger partial charge in [0.1, 0.15) is 0 Å². The molecule has 176 valence electrons. The first-order valence-electron chi connectivity index (χ1n) is 10.9. The fourth-order valence-corrected chi connectivity index (χ4v) is 4.87. The number of benzene rings is 1. The highest BCUT2D eigenvalue weighted by Crippen LogP contribution is 2.41. The predicted molar refractivity (Wildman–Crippen MR) is 131 cm³/mol. The number of nitrogens with zero attached hydrogens (tertiary/aromatic N) is 3. The SMILES string of the molecule is COC(=O)CCN1C(=S)N[C@@H](c2ccccn2)[C@@H]1c1cc(C)n(-c2ccc(C(=O)O)cc2)c1C. The molecule has 2 aromatic heterocycles. The normalized spacial score (nSPS) is 17.5. The van der Waals surface area contributed by atoms with Crippen molar-refractivity contribution in [1.29, 1.82) is 0 Å². The molecule has 0 amide bonds. The van der Waals surface area contributed by atoms with Gasteiger partial charge < -0.3 is 24.6 Å². The van der Waals surface area contributed by atoms with Gasteiger partial charge in [-0.25, -0.2) is 4.79 Å². The lowest BCUT2D eigenvalue weighted by atomic mass is 9.96. The third-order valence-corrected chi connectivity index (χ3v) is 6.50. The van der Waals surface area contributed by atoms with Crippen molar-refractivity contribution in [2.75, 3.05) is 13.7 Å². The summed E-state index contributed by atoms with van der Waals surface area (Å²) in [5.74, 6) is -1.26. The fraction of sp³-hybridized carbons (Fsp3) is 0.280. The first kappa shape index (κ1) is 23.4. The van der Waals surface area contributed by atoms with Crippen LogP contribution in [0.1, 0.15) is 51.5 Å². The van der Waals surface area contributed by atoms with Gasteiger partial charge in [0, 0.05) is 29.8 Å². The number of pyridine rings is 1. The van der Waals surface area contributed by atoms with Crippen LogP contribution < -0.4 is 5.32 Å². The Morgan fingerprint density at radius 3 is 2.53 bits per heavy atom. The monoisotopic (exact) mass is 478 g/mol. The van der Waals surface area contributed by atoms with Gasteiger partial charge in [-0.15, -0.1) is 0 Å². The van der Waals surface area contributed by atoms with Gasteiger partial charge in [0.25, 0.3) is 0 Å². The van der Waals surface area contributed by atoms with Crippen molar-refractivity contribution in [2.45, 2.75) is 32.4 Å². The number of aryl methyl sites for hydroxylation is 1. The Kier molecular flexibility index (Phi) is 6.65. The predicted octanol–water partition coefficient (Wildman–Crippen LogP) is 3.72. The van der Waals surface area contributed by atoms with Crippen molar-refractivity contribution >= 4 is 29.3 Å². The number of carboxylic acids is 1. The molecule has 1 aliphatic heterocycles. The van der Waals surface area contributed by atoms with E-state index in [1.807, 2.05) is 36.9 Å². The number of carbonyl (C=O) groups excluding carboxylic acids is 1. The number of hydrogen-bond donors (Lipinski definition) is 2. The van der Waals surface area contributed by atoms with Crippen LogP contribution in [0.5, 0.6) is 0 Å². The average molecular weight is 479 g/mol. The van der Waals surface area contributed by atoms with Gasteiger partial charge in [-0.05, 0) is 74.1 Å². The summed E-state index contributed by atoms with van der Waals surface area (Å²) in [6.07, 6.45) is 1.96. The molecule has 4 rings (SSSR count). The lowest BCUT2D eigenvalue weighted by Crippen LogP contribution is -2.32. The highest BCUT2D eigenvalue weighted by Gasteiger charge is 2.41. The molecule has 1 saturated heterocycles. The van der Waals surface area contributed by atoms with Gasteiger partial charge in [-0.2, -0.15) is 0 Å². The van der Waals surface area contributed by atoms with Crippen LogP contribution in [0, 0.1) is 13.8 Å². The third kappa shape index (κ3) is 4.38. The van der Waals surface area contributed by atoms with Crippen molar-refractivity contribution in [1.82, 2.24) is 19.8 Å². The van der Waals surface area contributed by atoms with Gasteiger partial charge in [-0.1, -0.05) is 6.07 Å². The van der Waals surface area contributed by atoms with Crippen molar-refractivity contribution in [2.24, 2.45) is 0 Å². The van der Waals surface area contributed by atoms with Gasteiger partial charge in [0.2, 0.25) is 0 Å². The molecule has 0 bridgehead atoms. The number of ether oxygens (including phenoxy) is 1. The number of thiocarbonyl (C=S) groups is 1. The molecule has 0 unspecified atom stereocenters. The zero-order chi connectivity index (χ0) is 24.4. The Morgan fingerprint density at radius 2 is 1.91 bits per heavy atom. The zero-order valence-corrected chi connectivity index (χ0v) is 20.0. The molecule has 2 N–H and O–H groups in total. The lowest BCUT2D eigenvalue weighted by molar-refractivity contribution is -0.140. The van der Waals surface area contributed by atoms with E-state index < -0.39 is 5.97 Å². The highest BCUT2D eigenvalue weighted by molar-refractivity contribution is 7.80. The Balaban J connectivity index is 1.77. The summed E-state index contributed by atoms with van der Waals surface area (Å²) in [6.45, 7) is 4.45. The summed E-state index contributed by atoms with van der Waals surface area (Å²) in [5.41, 5.74) is 5.01. The van der Waals surface area contributed by atoms with E-state index in [0.717, 1.165) is 28.3 Å². The summed E-state index contributed by atoms with van der Waals surface area (Å²) >= 11 is 5.67. The summed E-state index contributed by atoms with van der Waals surface area (Å²) in [5, 5.41) is 13.2. The Bertz CT molecular complexity index is 1220. The van der Waals surface area contributed by atoms with E-state index in [0.29, 0.717) is 11.7 Å². The minimum Gasteiger partial charge on any atom is -0.478 e. The number of aromatic carboxylic acids is 1. The Hall–Kier alpha value is -3.72. The maximum absolute atomic E-state index is 11.9. The Morgan fingerprint density at radius 1 is 1.18 bits per heavy atom. The third-order valence-electron chi connectivity index (χ3n) is 6.14. The largest absolute Gasteiger partial charge is 0.478 e. The van der Waals surface area contributed by atoms with Crippen LogP contribution >= 0.6 is 12.2 Å². The van der Waals surface area contributed by atoms with Gasteiger partial charge >= 0.3 is 11.9 Å². The minimum absolute atomic E-state index is 0.190. The summed E-state index contributed by atoms with van der Waals surface area (Å²) in [6, 6.07) is 14.3. The van der Waals surface area contributed by atoms with Gasteiger partial charge in [0.15, 0.2) is 5.11 Å². The number of esters is 1. The number of aromatic nitrogens is 2. The summed E-state index contributed by atoms with van der Waals surface area (Å²) in [7, 11) is 1.38. The summed E-state index contributed by atoms with van der Waals surface area (Å²) in [4.78, 5) is 29.7. The second kappa shape index (κ2) is 9.64. The van der Waals surface area contributed by atoms with Crippen LogP contribution in [-0.2, 0) is 9.53 Å². The standard InChI is InChI=1S/C25H26N4O4S/c1-15-14-19(16(2)29(15)18-9-7-17(8-10-18)24(31)32)23-22(20-6-4-5-12-26-20)27-25(34)28(23)13-11-21(30)33-3/h4-10,12,14,22-23H,11,13H2,1-3H3,(H,27,34)(H,31,32)/t22-,23-/m0/s1. The Labute approximate surface area is 203 Å². The first-order chi connectivity index (χ1) is 16.3. The number of nitrogens with one attached hydrogen (secondary N) is 1. The molecule has 1 fully saturated rings. The quantitative estimate of drug-likeness (QED) is 0.392. The zero-order valence-electron chi connectivity index (χ0n) is 19.2. The number of methoxy groups -OCH3 is 1. The molecule has 9 heteroatoms. The van der Waals surface area contributed by atoms with Crippen LogP contribution in [0.3, 0.4) is 0 Å². The molecule has 3 heterocycles. The van der Waals surface area contributed by atoms with Crippen molar-refractivity contribution in [3.05, 3.63) is 82.9 Å². The molecule has 2 atom stereocenters. The number of carboxylic acid groups (broad SMARTS) is 1. The molecular formula is C25H26N4O4S. The van der Waals surface area contributed by atoms with E-state index in [-0.39, 0.29) is 30.0 Å². The van der Waals surface area contributed by atoms with Crippen molar-refractivity contribution in [3.63, 3.8) is 0 Å². The number of carbonyl (C=O) groups is 2. The second-order valence-electron chi connectivity index (χ2n) is 8.16. The van der Waals surface area contributed by atoms with E-state index in [2.05, 4.69) is 20.9 Å². The van der Waals surface area contributed by atoms with E-state index in [1.54, 1.807) is 30.5 Å². The van der Waals surface area contributed by atoms with Crippen molar-refractivity contribution in [3.8, 4) is 5.69 Å². The topological polar surface area (TPSA) is 96.7 Å². The molecule has 3 aromatic rings. The average Bonchev–Trinajstić information content (AvgIpc) is 3.32. The fourth-order valence-electron chi connectivity index (χ4n) is 4.54. The van der Waals surface area contributed by atoms with E-state index >= 15 is 0 Å². The maximum Gasteiger partial charge on any atom is 0.335 e. The van der Waals surface area contributed by atoms with Crippen LogP contribution in [0.15, 0.2) is 54.7 Å². The number of rotatable bonds is 7. The van der Waals surface area contributed by atoms with E-state index in [4.69, 9.17) is 17.0 Å². The molecule has 34 heavy (non-hydrogen) atoms. The highest BCUT2D eigenvalue weighted by atomic mass is 32.1. The molecular weight excluding hydrogens is 452 g/mol. The molecule has 0 spiro atoms. The van der Waals surface area contributed by atoms with Crippen LogP contribution in [0.4, 0.5) is 0 Å². The molecule has 1 aromatic carbocycles. The molecule has 0 aliphatic carbocycles. The van der Waals surface area contributed by atoms with Crippen molar-refractivity contribution < 1.29 is 19.4 Å². The van der Waals surface area contributed by atoms with Gasteiger partial charge in [0.05, 0.1) is 36.9 Å². The number of hydrogen-bond acceptors (Lipinski definition) is 5. The van der Waals surface area contributed by atoms with E-state index in [1.165, 1.54) is 7.11 Å². The lowest BCUT2D eigenvalue weighted by Gasteiger charge is -2.28. The van der Waals surface area contributed by atoms with E-state index in [9.17, 15) is 14.7 Å². The maximum atomic E-state index is 11.9. The van der Waals surface area contributed by atoms with Crippen LogP contribution in [-0.4, -0.2) is 50.3 Å². The molecule has 1 aliphatic rings. The van der Waals surface area contributed by atoms with Crippen LogP contribution in [0.25, 0.3) is 5.69 Å². The molecule has 0 radical (unpaired) electrons. The van der Waals surface area contributed by atoms with Crippen LogP contribution in [0.2, 0.25) is 0 Å². The second-order valence-corrected chi connectivity index (χ2v) is 8.55. The minimum atomic E-state index is -0.960. The first-order valence-corrected chi connectivity index (χ1v) is 11.3. The molecule has 8 nitrogen and oxygen atoms in total. The molecule has 0 saturated carbocycles. The van der Waals surface area contributed by atoms with Gasteiger partial charge in [-0.3, -0.25) is 9.78 Å².